The van der Waals surface area contributed by atoms with E-state index in [-0.39, 0.29) is 21.3 Å². The highest BCUT2D eigenvalue weighted by Gasteiger charge is 2.37. The molecule has 9 nitrogen and oxygen atoms in total. The molecule has 0 spiro atoms. The summed E-state index contributed by atoms with van der Waals surface area (Å²) in [5.74, 6) is -1.10. The van der Waals surface area contributed by atoms with Gasteiger partial charge in [-0.25, -0.2) is 18.2 Å². The number of amides is 1. The van der Waals surface area contributed by atoms with Crippen LogP contribution in [0, 0.1) is 0 Å². The second kappa shape index (κ2) is 12.1. The van der Waals surface area contributed by atoms with Crippen molar-refractivity contribution in [1.82, 2.24) is 4.98 Å². The number of hydrogen-bond acceptors (Lipinski definition) is 9. The number of rotatable bonds is 10. The van der Waals surface area contributed by atoms with Gasteiger partial charge in [0.25, 0.3) is 5.91 Å². The van der Waals surface area contributed by atoms with E-state index in [0.29, 0.717) is 29.2 Å². The number of methoxy groups -OCH3 is 1. The maximum absolute atomic E-state index is 13.4. The molecule has 1 heterocycles. The fourth-order valence-electron chi connectivity index (χ4n) is 3.99. The minimum atomic E-state index is -4.63. The average Bonchev–Trinajstić information content (AvgIpc) is 3.77. The number of hydrogen-bond donors (Lipinski definition) is 1. The normalized spacial score (nSPS) is 14.0. The molecule has 1 amide bonds. The number of alkyl halides is 3. The van der Waals surface area contributed by atoms with E-state index in [2.05, 4.69) is 15.0 Å². The van der Waals surface area contributed by atoms with Gasteiger partial charge in [0.2, 0.25) is 11.2 Å². The molecular weight excluding hydrogens is 609 g/mol. The zero-order valence-electron chi connectivity index (χ0n) is 22.3. The van der Waals surface area contributed by atoms with E-state index >= 15 is 0 Å². The first-order valence-electron chi connectivity index (χ1n) is 12.7. The van der Waals surface area contributed by atoms with Gasteiger partial charge in [-0.1, -0.05) is 29.5 Å². The van der Waals surface area contributed by atoms with Crippen LogP contribution in [0.3, 0.4) is 0 Å². The minimum absolute atomic E-state index is 0.0818. The standard InChI is InChI=1S/C29H23F3N2O7S2/c1-39-27(36)18-5-9-20(10-6-18)40-24-16-33-28(42-24)34-26(35)25(41-21-4-2-3-19(15-21)29(30,31)32)17-7-11-22(12-8-17)43(37,38)23-13-14-23/h2-12,15-16,23,25H,13-14H2,1H3,(H,33,34,35). The monoisotopic (exact) mass is 632 g/mol. The Kier molecular flexibility index (Phi) is 8.42. The lowest BCUT2D eigenvalue weighted by Gasteiger charge is -2.19. The molecule has 43 heavy (non-hydrogen) atoms. The zero-order chi connectivity index (χ0) is 30.8. The summed E-state index contributed by atoms with van der Waals surface area (Å²) in [5, 5.41) is 2.54. The number of halogens is 3. The van der Waals surface area contributed by atoms with Crippen LogP contribution < -0.4 is 14.8 Å². The van der Waals surface area contributed by atoms with Crippen molar-refractivity contribution in [2.75, 3.05) is 12.4 Å². The molecule has 0 bridgehead atoms. The van der Waals surface area contributed by atoms with Crippen LogP contribution >= 0.6 is 11.3 Å². The number of nitrogens with one attached hydrogen (secondary N) is 1. The second-order valence-electron chi connectivity index (χ2n) is 9.43. The van der Waals surface area contributed by atoms with E-state index < -0.39 is 44.8 Å². The van der Waals surface area contributed by atoms with Crippen LogP contribution in [0.4, 0.5) is 18.3 Å². The van der Waals surface area contributed by atoms with Crippen molar-refractivity contribution >= 4 is 38.2 Å². The number of esters is 1. The van der Waals surface area contributed by atoms with Crippen LogP contribution in [0.15, 0.2) is 83.9 Å². The summed E-state index contributed by atoms with van der Waals surface area (Å²) >= 11 is 0.971. The highest BCUT2D eigenvalue weighted by molar-refractivity contribution is 7.92. The summed E-state index contributed by atoms with van der Waals surface area (Å²) in [6.45, 7) is 0. The molecule has 4 aromatic rings. The highest BCUT2D eigenvalue weighted by Crippen LogP contribution is 2.36. The Morgan fingerprint density at radius 3 is 2.33 bits per heavy atom. The zero-order valence-corrected chi connectivity index (χ0v) is 24.0. The minimum Gasteiger partial charge on any atom is -0.476 e. The van der Waals surface area contributed by atoms with E-state index in [1.165, 1.54) is 55.8 Å². The largest absolute Gasteiger partial charge is 0.476 e. The third-order valence-corrected chi connectivity index (χ3v) is 9.41. The van der Waals surface area contributed by atoms with E-state index in [1.807, 2.05) is 0 Å². The molecule has 1 atom stereocenters. The fraction of sp³-hybridized carbons (Fsp3) is 0.207. The van der Waals surface area contributed by atoms with Crippen molar-refractivity contribution in [3.8, 4) is 16.6 Å². The predicted molar refractivity (Wildman–Crippen MR) is 150 cm³/mol. The fourth-order valence-corrected chi connectivity index (χ4v) is 6.33. The Hall–Kier alpha value is -4.43. The molecule has 3 aromatic carbocycles. The maximum atomic E-state index is 13.4. The number of aromatic nitrogens is 1. The first kappa shape index (κ1) is 30.0. The van der Waals surface area contributed by atoms with Crippen molar-refractivity contribution in [1.29, 1.82) is 0 Å². The van der Waals surface area contributed by atoms with Gasteiger partial charge in [-0.2, -0.15) is 13.2 Å². The number of benzene rings is 3. The Morgan fingerprint density at radius 1 is 1.00 bits per heavy atom. The third kappa shape index (κ3) is 7.14. The van der Waals surface area contributed by atoms with Crippen LogP contribution in [0.1, 0.15) is 40.4 Å². The number of anilines is 1. The van der Waals surface area contributed by atoms with Crippen LogP contribution in [-0.4, -0.2) is 37.6 Å². The topological polar surface area (TPSA) is 121 Å². The quantitative estimate of drug-likeness (QED) is 0.199. The number of carbonyl (C=O) groups excluding carboxylic acids is 2. The number of ether oxygens (including phenoxy) is 3. The van der Waals surface area contributed by atoms with Gasteiger partial charge in [0.1, 0.15) is 11.5 Å². The van der Waals surface area contributed by atoms with Crippen molar-refractivity contribution in [2.24, 2.45) is 0 Å². The van der Waals surface area contributed by atoms with Crippen LogP contribution in [0.5, 0.6) is 16.6 Å². The Bertz CT molecular complexity index is 1730. The number of carbonyl (C=O) groups is 2. The number of nitrogens with zero attached hydrogens (tertiary/aromatic N) is 1. The van der Waals surface area contributed by atoms with Gasteiger partial charge in [0.15, 0.2) is 15.0 Å². The first-order valence-corrected chi connectivity index (χ1v) is 15.1. The van der Waals surface area contributed by atoms with Crippen molar-refractivity contribution in [3.05, 3.63) is 95.7 Å². The van der Waals surface area contributed by atoms with Crippen molar-refractivity contribution < 1.29 is 45.4 Å². The maximum Gasteiger partial charge on any atom is 0.416 e. The molecule has 0 radical (unpaired) electrons. The second-order valence-corrected chi connectivity index (χ2v) is 12.6. The van der Waals surface area contributed by atoms with Gasteiger partial charge in [-0.3, -0.25) is 10.1 Å². The van der Waals surface area contributed by atoms with Crippen molar-refractivity contribution in [3.63, 3.8) is 0 Å². The lowest BCUT2D eigenvalue weighted by molar-refractivity contribution is -0.137. The molecule has 1 aromatic heterocycles. The van der Waals surface area contributed by atoms with E-state index in [9.17, 15) is 31.2 Å². The van der Waals surface area contributed by atoms with Gasteiger partial charge in [0, 0.05) is 5.56 Å². The Balaban J connectivity index is 1.36. The molecule has 1 aliphatic rings. The van der Waals surface area contributed by atoms with Crippen LogP contribution in [0.25, 0.3) is 0 Å². The smallest absolute Gasteiger partial charge is 0.416 e. The Labute approximate surface area is 248 Å². The van der Waals surface area contributed by atoms with Crippen LogP contribution in [0.2, 0.25) is 0 Å². The van der Waals surface area contributed by atoms with Gasteiger partial charge in [-0.15, -0.1) is 0 Å². The van der Waals surface area contributed by atoms with Crippen LogP contribution in [-0.2, 0) is 25.5 Å². The number of sulfone groups is 1. The highest BCUT2D eigenvalue weighted by atomic mass is 32.2. The molecule has 0 aliphatic heterocycles. The SMILES string of the molecule is COC(=O)c1ccc(Oc2cnc(NC(=O)C(Oc3cccc(C(F)(F)F)c3)c3ccc(S(=O)(=O)C4CC4)cc3)s2)cc1. The predicted octanol–water partition coefficient (Wildman–Crippen LogP) is 6.44. The van der Waals surface area contributed by atoms with Gasteiger partial charge < -0.3 is 14.2 Å². The molecule has 5 rings (SSSR count). The third-order valence-electron chi connectivity index (χ3n) is 6.34. The summed E-state index contributed by atoms with van der Waals surface area (Å²) in [5.41, 5.74) is -0.420. The lowest BCUT2D eigenvalue weighted by atomic mass is 10.1. The van der Waals surface area contributed by atoms with Crippen molar-refractivity contribution in [2.45, 2.75) is 35.3 Å². The Morgan fingerprint density at radius 2 is 1.70 bits per heavy atom. The molecule has 0 saturated heterocycles. The summed E-state index contributed by atoms with van der Waals surface area (Å²) < 4.78 is 81.2. The summed E-state index contributed by atoms with van der Waals surface area (Å²) in [4.78, 5) is 29.2. The van der Waals surface area contributed by atoms with Gasteiger partial charge >= 0.3 is 12.1 Å². The molecule has 1 fully saturated rings. The van der Waals surface area contributed by atoms with E-state index in [0.717, 1.165) is 29.5 Å². The molecule has 224 valence electrons. The summed E-state index contributed by atoms with van der Waals surface area (Å²) in [6.07, 6.45) is -3.58. The van der Waals surface area contributed by atoms with Gasteiger partial charge in [0.05, 0.1) is 34.6 Å². The molecule has 1 N–H and O–H groups in total. The molecule has 1 aliphatic carbocycles. The molecule has 1 saturated carbocycles. The van der Waals surface area contributed by atoms with E-state index in [4.69, 9.17) is 9.47 Å². The molecular formula is C29H23F3N2O7S2. The summed E-state index contributed by atoms with van der Waals surface area (Å²) in [7, 11) is -2.23. The van der Waals surface area contributed by atoms with E-state index in [1.54, 1.807) is 12.1 Å². The molecule has 14 heteroatoms. The number of thiazole rings is 1. The lowest BCUT2D eigenvalue weighted by Crippen LogP contribution is -2.26. The summed E-state index contributed by atoms with van der Waals surface area (Å²) in [6, 6.07) is 15.7. The average molecular weight is 633 g/mol. The molecule has 1 unspecified atom stereocenters. The first-order chi connectivity index (χ1) is 20.4. The van der Waals surface area contributed by atoms with Gasteiger partial charge in [-0.05, 0) is 67.4 Å².